The highest BCUT2D eigenvalue weighted by Gasteiger charge is 2.13. The number of carbonyl (C=O) groups excluding carboxylic acids is 2. The third-order valence-corrected chi connectivity index (χ3v) is 4.34. The third kappa shape index (κ3) is 6.01. The molecule has 2 aromatic rings. The molecule has 0 aliphatic heterocycles. The summed E-state index contributed by atoms with van der Waals surface area (Å²) in [5, 5.41) is 0. The number of para-hydroxylation sites is 1. The Hall–Kier alpha value is -3.02. The quantitative estimate of drug-likeness (QED) is 0.463. The van der Waals surface area contributed by atoms with Crippen LogP contribution in [0, 0.1) is 6.92 Å². The van der Waals surface area contributed by atoms with Gasteiger partial charge in [-0.25, -0.2) is 0 Å². The Morgan fingerprint density at radius 2 is 1.75 bits per heavy atom. The van der Waals surface area contributed by atoms with E-state index in [2.05, 4.69) is 0 Å². The standard InChI is InChI=1S/C22H27NO5/c1-16-8-5-6-9-19(16)27-13-7-12-23(3)22(25)15-28-20-11-10-18(17(2)24)14-21(20)26-4/h5-6,8-11,14H,7,12-13,15H2,1-4H3. The van der Waals surface area contributed by atoms with Gasteiger partial charge in [0.15, 0.2) is 23.9 Å². The first-order chi connectivity index (χ1) is 13.4. The SMILES string of the molecule is COc1cc(C(C)=O)ccc1OCC(=O)N(C)CCCOc1ccccc1C. The summed E-state index contributed by atoms with van der Waals surface area (Å²) < 4.78 is 16.6. The monoisotopic (exact) mass is 385 g/mol. The lowest BCUT2D eigenvalue weighted by molar-refractivity contribution is -0.132. The number of ether oxygens (including phenoxy) is 3. The summed E-state index contributed by atoms with van der Waals surface area (Å²) in [5.41, 5.74) is 1.62. The van der Waals surface area contributed by atoms with E-state index in [0.29, 0.717) is 36.6 Å². The van der Waals surface area contributed by atoms with Gasteiger partial charge in [0.1, 0.15) is 5.75 Å². The molecule has 0 radical (unpaired) electrons. The van der Waals surface area contributed by atoms with Gasteiger partial charge in [-0.05, 0) is 50.1 Å². The molecule has 1 amide bonds. The molecule has 0 aliphatic rings. The molecule has 150 valence electrons. The van der Waals surface area contributed by atoms with Crippen LogP contribution < -0.4 is 14.2 Å². The zero-order valence-electron chi connectivity index (χ0n) is 16.9. The Bertz CT molecular complexity index is 818. The van der Waals surface area contributed by atoms with Crippen LogP contribution in [0.2, 0.25) is 0 Å². The second kappa shape index (κ2) is 10.3. The molecule has 0 saturated heterocycles. The number of Topliss-reactive ketones (excluding diaryl/α,β-unsaturated/α-hetero) is 1. The molecule has 0 unspecified atom stereocenters. The van der Waals surface area contributed by atoms with E-state index in [0.717, 1.165) is 11.3 Å². The van der Waals surface area contributed by atoms with Crippen LogP contribution >= 0.6 is 0 Å². The highest BCUT2D eigenvalue weighted by atomic mass is 16.5. The van der Waals surface area contributed by atoms with Crippen molar-refractivity contribution in [2.24, 2.45) is 0 Å². The number of methoxy groups -OCH3 is 1. The van der Waals surface area contributed by atoms with Crippen LogP contribution in [0.1, 0.15) is 29.3 Å². The fourth-order valence-electron chi connectivity index (χ4n) is 2.58. The van der Waals surface area contributed by atoms with Crippen molar-refractivity contribution in [3.05, 3.63) is 53.6 Å². The number of likely N-dealkylation sites (N-methyl/N-ethyl adjacent to an activating group) is 1. The Labute approximate surface area is 166 Å². The zero-order chi connectivity index (χ0) is 20.5. The average Bonchev–Trinajstić information content (AvgIpc) is 2.70. The second-order valence-electron chi connectivity index (χ2n) is 6.49. The lowest BCUT2D eigenvalue weighted by atomic mass is 10.1. The van der Waals surface area contributed by atoms with Gasteiger partial charge in [0.25, 0.3) is 5.91 Å². The normalized spacial score (nSPS) is 10.3. The largest absolute Gasteiger partial charge is 0.493 e. The van der Waals surface area contributed by atoms with E-state index in [1.807, 2.05) is 31.2 Å². The van der Waals surface area contributed by atoms with Crippen LogP contribution in [-0.4, -0.2) is 50.5 Å². The van der Waals surface area contributed by atoms with Crippen LogP contribution in [0.4, 0.5) is 0 Å². The first-order valence-corrected chi connectivity index (χ1v) is 9.16. The summed E-state index contributed by atoms with van der Waals surface area (Å²) in [6, 6.07) is 12.7. The molecule has 6 nitrogen and oxygen atoms in total. The van der Waals surface area contributed by atoms with Crippen LogP contribution in [0.3, 0.4) is 0 Å². The van der Waals surface area contributed by atoms with E-state index >= 15 is 0 Å². The molecule has 0 spiro atoms. The minimum atomic E-state index is -0.145. The minimum absolute atomic E-state index is 0.0615. The highest BCUT2D eigenvalue weighted by Crippen LogP contribution is 2.28. The molecule has 0 aromatic heterocycles. The summed E-state index contributed by atoms with van der Waals surface area (Å²) in [6.07, 6.45) is 0.715. The van der Waals surface area contributed by atoms with Gasteiger partial charge in [0.05, 0.1) is 13.7 Å². The maximum Gasteiger partial charge on any atom is 0.260 e. The number of amides is 1. The molecular formula is C22H27NO5. The Balaban J connectivity index is 1.78. The second-order valence-corrected chi connectivity index (χ2v) is 6.49. The van der Waals surface area contributed by atoms with Crippen molar-refractivity contribution in [2.75, 3.05) is 33.9 Å². The van der Waals surface area contributed by atoms with Crippen molar-refractivity contribution < 1.29 is 23.8 Å². The molecule has 0 heterocycles. The smallest absolute Gasteiger partial charge is 0.260 e. The van der Waals surface area contributed by atoms with Crippen molar-refractivity contribution in [2.45, 2.75) is 20.3 Å². The number of aryl methyl sites for hydroxylation is 1. The average molecular weight is 385 g/mol. The molecular weight excluding hydrogens is 358 g/mol. The molecule has 28 heavy (non-hydrogen) atoms. The molecule has 6 heteroatoms. The van der Waals surface area contributed by atoms with Crippen LogP contribution in [-0.2, 0) is 4.79 Å². The first-order valence-electron chi connectivity index (χ1n) is 9.16. The summed E-state index contributed by atoms with van der Waals surface area (Å²) in [4.78, 5) is 25.3. The first kappa shape index (κ1) is 21.3. The number of nitrogens with zero attached hydrogens (tertiary/aromatic N) is 1. The number of ketones is 1. The fourth-order valence-corrected chi connectivity index (χ4v) is 2.58. The van der Waals surface area contributed by atoms with Crippen molar-refractivity contribution >= 4 is 11.7 Å². The van der Waals surface area contributed by atoms with Crippen LogP contribution in [0.5, 0.6) is 17.2 Å². The molecule has 2 aromatic carbocycles. The van der Waals surface area contributed by atoms with Gasteiger partial charge in [-0.1, -0.05) is 18.2 Å². The van der Waals surface area contributed by atoms with E-state index < -0.39 is 0 Å². The number of benzene rings is 2. The van der Waals surface area contributed by atoms with Gasteiger partial charge in [0.2, 0.25) is 0 Å². The van der Waals surface area contributed by atoms with Gasteiger partial charge in [-0.15, -0.1) is 0 Å². The van der Waals surface area contributed by atoms with Crippen molar-refractivity contribution in [1.29, 1.82) is 0 Å². The van der Waals surface area contributed by atoms with E-state index in [4.69, 9.17) is 14.2 Å². The van der Waals surface area contributed by atoms with E-state index in [9.17, 15) is 9.59 Å². The maximum atomic E-state index is 12.3. The molecule has 0 saturated carbocycles. The zero-order valence-corrected chi connectivity index (χ0v) is 16.9. The van der Waals surface area contributed by atoms with E-state index in [1.165, 1.54) is 14.0 Å². The number of rotatable bonds is 10. The number of hydrogen-bond acceptors (Lipinski definition) is 5. The van der Waals surface area contributed by atoms with Gasteiger partial charge in [0, 0.05) is 19.2 Å². The summed E-state index contributed by atoms with van der Waals surface area (Å²) >= 11 is 0. The third-order valence-electron chi connectivity index (χ3n) is 4.34. The van der Waals surface area contributed by atoms with E-state index in [-0.39, 0.29) is 18.3 Å². The van der Waals surface area contributed by atoms with E-state index in [1.54, 1.807) is 30.1 Å². The Morgan fingerprint density at radius 3 is 2.43 bits per heavy atom. The van der Waals surface area contributed by atoms with Gasteiger partial charge in [-0.3, -0.25) is 9.59 Å². The minimum Gasteiger partial charge on any atom is -0.493 e. The summed E-state index contributed by atoms with van der Waals surface area (Å²) in [5.74, 6) is 1.51. The highest BCUT2D eigenvalue weighted by molar-refractivity contribution is 5.94. The predicted molar refractivity (Wildman–Crippen MR) is 107 cm³/mol. The molecule has 2 rings (SSSR count). The molecule has 0 fully saturated rings. The summed E-state index contributed by atoms with van der Waals surface area (Å²) in [7, 11) is 3.23. The lowest BCUT2D eigenvalue weighted by Gasteiger charge is -2.18. The number of carbonyl (C=O) groups is 2. The summed E-state index contributed by atoms with van der Waals surface area (Å²) in [6.45, 7) is 4.47. The predicted octanol–water partition coefficient (Wildman–Crippen LogP) is 3.51. The van der Waals surface area contributed by atoms with Crippen molar-refractivity contribution in [3.8, 4) is 17.2 Å². The Morgan fingerprint density at radius 1 is 1.00 bits per heavy atom. The molecule has 0 N–H and O–H groups in total. The van der Waals surface area contributed by atoms with Crippen molar-refractivity contribution in [1.82, 2.24) is 4.90 Å². The van der Waals surface area contributed by atoms with Gasteiger partial charge < -0.3 is 19.1 Å². The fraction of sp³-hybridized carbons (Fsp3) is 0.364. The van der Waals surface area contributed by atoms with Crippen molar-refractivity contribution in [3.63, 3.8) is 0 Å². The maximum absolute atomic E-state index is 12.3. The molecule has 0 bridgehead atoms. The van der Waals surface area contributed by atoms with Crippen LogP contribution in [0.25, 0.3) is 0 Å². The number of hydrogen-bond donors (Lipinski definition) is 0. The van der Waals surface area contributed by atoms with Gasteiger partial charge >= 0.3 is 0 Å². The Kier molecular flexibility index (Phi) is 7.87. The molecule has 0 aliphatic carbocycles. The topological polar surface area (TPSA) is 65.1 Å². The lowest BCUT2D eigenvalue weighted by Crippen LogP contribution is -2.32. The van der Waals surface area contributed by atoms with Crippen LogP contribution in [0.15, 0.2) is 42.5 Å². The molecule has 0 atom stereocenters. The van der Waals surface area contributed by atoms with Gasteiger partial charge in [-0.2, -0.15) is 0 Å².